The number of nitrogens with one attached hydrogen (secondary N) is 1. The van der Waals surface area contributed by atoms with E-state index in [1.807, 2.05) is 76.2 Å². The number of aryl methyl sites for hydroxylation is 2. The van der Waals surface area contributed by atoms with Gasteiger partial charge in [0.1, 0.15) is 18.1 Å². The van der Waals surface area contributed by atoms with Gasteiger partial charge in [0.05, 0.1) is 30.4 Å². The molecule has 1 amide bonds. The zero-order valence-corrected chi connectivity index (χ0v) is 18.6. The maximum atomic E-state index is 12.4. The van der Waals surface area contributed by atoms with Gasteiger partial charge in [-0.2, -0.15) is 0 Å². The van der Waals surface area contributed by atoms with Crippen LogP contribution in [0.5, 0.6) is 5.75 Å². The van der Waals surface area contributed by atoms with Crippen molar-refractivity contribution < 1.29 is 18.8 Å². The number of nitrogens with zero attached hydrogens (tertiary/aromatic N) is 1. The molecule has 0 unspecified atom stereocenters. The number of aromatic nitrogens is 1. The lowest BCUT2D eigenvalue weighted by molar-refractivity contribution is -0.120. The molecule has 0 spiro atoms. The van der Waals surface area contributed by atoms with E-state index in [0.717, 1.165) is 39.5 Å². The van der Waals surface area contributed by atoms with Crippen molar-refractivity contribution in [3.05, 3.63) is 82.2 Å². The van der Waals surface area contributed by atoms with E-state index < -0.39 is 0 Å². The Hall–Kier alpha value is -3.12. The molecular formula is C25H30N2O4. The average molecular weight is 423 g/mol. The van der Waals surface area contributed by atoms with Crippen LogP contribution in [0.1, 0.15) is 47.6 Å². The molecule has 1 heterocycles. The predicted molar refractivity (Wildman–Crippen MR) is 119 cm³/mol. The van der Waals surface area contributed by atoms with Crippen LogP contribution in [0.4, 0.5) is 0 Å². The summed E-state index contributed by atoms with van der Waals surface area (Å²) in [5.41, 5.74) is 4.89. The van der Waals surface area contributed by atoms with Crippen LogP contribution in [0.25, 0.3) is 0 Å². The predicted octanol–water partition coefficient (Wildman–Crippen LogP) is 4.65. The lowest BCUT2D eigenvalue weighted by atomic mass is 10.1. The van der Waals surface area contributed by atoms with Crippen LogP contribution >= 0.6 is 0 Å². The van der Waals surface area contributed by atoms with Crippen LogP contribution in [0, 0.1) is 13.8 Å². The molecule has 0 aliphatic heterocycles. The summed E-state index contributed by atoms with van der Waals surface area (Å²) in [6, 6.07) is 15.6. The first-order valence-electron chi connectivity index (χ1n) is 10.5. The van der Waals surface area contributed by atoms with Crippen LogP contribution in [0.2, 0.25) is 0 Å². The molecule has 1 N–H and O–H groups in total. The van der Waals surface area contributed by atoms with Gasteiger partial charge in [-0.05, 0) is 56.5 Å². The smallest absolute Gasteiger partial charge is 0.224 e. The molecule has 0 fully saturated rings. The monoisotopic (exact) mass is 422 g/mol. The van der Waals surface area contributed by atoms with Gasteiger partial charge < -0.3 is 19.3 Å². The normalized spacial score (nSPS) is 11.0. The fourth-order valence-corrected chi connectivity index (χ4v) is 3.14. The average Bonchev–Trinajstić information content (AvgIpc) is 3.08. The second-order valence-corrected chi connectivity index (χ2v) is 7.82. The summed E-state index contributed by atoms with van der Waals surface area (Å²) >= 11 is 0. The fraction of sp³-hybridized carbons (Fsp3) is 0.360. The third-order valence-electron chi connectivity index (χ3n) is 5.02. The highest BCUT2D eigenvalue weighted by Gasteiger charge is 2.10. The second kappa shape index (κ2) is 10.8. The number of rotatable bonds is 10. The Kier molecular flexibility index (Phi) is 7.84. The Bertz CT molecular complexity index is 974. The Morgan fingerprint density at radius 1 is 1.03 bits per heavy atom. The van der Waals surface area contributed by atoms with E-state index in [1.54, 1.807) is 0 Å². The zero-order valence-electron chi connectivity index (χ0n) is 18.6. The van der Waals surface area contributed by atoms with Crippen molar-refractivity contribution in [1.29, 1.82) is 0 Å². The first kappa shape index (κ1) is 22.6. The third-order valence-corrected chi connectivity index (χ3v) is 5.02. The third kappa shape index (κ3) is 6.69. The number of carbonyl (C=O) groups excluding carboxylic acids is 1. The molecule has 0 saturated heterocycles. The number of ether oxygens (including phenoxy) is 2. The van der Waals surface area contributed by atoms with Gasteiger partial charge in [0.2, 0.25) is 5.91 Å². The van der Waals surface area contributed by atoms with Gasteiger partial charge in [0, 0.05) is 6.54 Å². The van der Waals surface area contributed by atoms with Gasteiger partial charge in [-0.25, -0.2) is 0 Å². The maximum absolute atomic E-state index is 12.4. The van der Waals surface area contributed by atoms with E-state index in [9.17, 15) is 4.79 Å². The largest absolute Gasteiger partial charge is 0.489 e. The minimum atomic E-state index is -0.0241. The molecule has 0 aliphatic rings. The summed E-state index contributed by atoms with van der Waals surface area (Å²) < 4.78 is 16.7. The molecule has 164 valence electrons. The summed E-state index contributed by atoms with van der Waals surface area (Å²) in [6.45, 7) is 9.22. The number of amides is 1. The second-order valence-electron chi connectivity index (χ2n) is 7.82. The Balaban J connectivity index is 1.49. The van der Waals surface area contributed by atoms with Crippen molar-refractivity contribution in [2.24, 2.45) is 0 Å². The van der Waals surface area contributed by atoms with Crippen LogP contribution in [0.15, 0.2) is 53.1 Å². The molecule has 1 aromatic heterocycles. The van der Waals surface area contributed by atoms with Crippen molar-refractivity contribution in [2.45, 2.75) is 60.0 Å². The lowest BCUT2D eigenvalue weighted by Gasteiger charge is -2.13. The van der Waals surface area contributed by atoms with Gasteiger partial charge in [-0.3, -0.25) is 4.79 Å². The molecule has 0 aliphatic carbocycles. The summed E-state index contributed by atoms with van der Waals surface area (Å²) in [4.78, 5) is 12.4. The Morgan fingerprint density at radius 2 is 1.74 bits per heavy atom. The van der Waals surface area contributed by atoms with Crippen molar-refractivity contribution >= 4 is 5.91 Å². The molecule has 3 aromatic rings. The first-order valence-corrected chi connectivity index (χ1v) is 10.5. The molecule has 0 radical (unpaired) electrons. The van der Waals surface area contributed by atoms with E-state index in [0.29, 0.717) is 26.2 Å². The maximum Gasteiger partial charge on any atom is 0.224 e. The molecule has 0 atom stereocenters. The molecule has 2 aromatic carbocycles. The lowest BCUT2D eigenvalue weighted by Crippen LogP contribution is -2.25. The number of hydrogen-bond acceptors (Lipinski definition) is 5. The van der Waals surface area contributed by atoms with Gasteiger partial charge >= 0.3 is 0 Å². The molecular weight excluding hydrogens is 392 g/mol. The van der Waals surface area contributed by atoms with Gasteiger partial charge in [-0.1, -0.05) is 41.6 Å². The molecule has 0 bridgehead atoms. The Labute approximate surface area is 183 Å². The first-order chi connectivity index (χ1) is 14.9. The van der Waals surface area contributed by atoms with Gasteiger partial charge in [0.15, 0.2) is 0 Å². The highest BCUT2D eigenvalue weighted by molar-refractivity contribution is 5.78. The van der Waals surface area contributed by atoms with Crippen LogP contribution in [-0.4, -0.2) is 17.2 Å². The van der Waals surface area contributed by atoms with E-state index in [1.165, 1.54) is 0 Å². The van der Waals surface area contributed by atoms with Crippen molar-refractivity contribution in [1.82, 2.24) is 10.5 Å². The van der Waals surface area contributed by atoms with Gasteiger partial charge in [0.25, 0.3) is 0 Å². The fourth-order valence-electron chi connectivity index (χ4n) is 3.14. The van der Waals surface area contributed by atoms with Crippen molar-refractivity contribution in [2.75, 3.05) is 0 Å². The van der Waals surface area contributed by atoms with Gasteiger partial charge in [-0.15, -0.1) is 0 Å². The standard InChI is InChI=1S/C25H30N2O4/c1-17(2)29-15-22-8-6-5-7-21(22)14-26-25(28)13-20-9-11-23(12-10-20)30-16-24-18(3)27-31-19(24)4/h5-12,17H,13-16H2,1-4H3,(H,26,28). The summed E-state index contributed by atoms with van der Waals surface area (Å²) in [6.07, 6.45) is 0.480. The van der Waals surface area contributed by atoms with E-state index in [4.69, 9.17) is 14.0 Å². The summed E-state index contributed by atoms with van der Waals surface area (Å²) in [5.74, 6) is 1.48. The Morgan fingerprint density at radius 3 is 2.39 bits per heavy atom. The van der Waals surface area contributed by atoms with Crippen molar-refractivity contribution in [3.63, 3.8) is 0 Å². The van der Waals surface area contributed by atoms with Crippen LogP contribution in [0.3, 0.4) is 0 Å². The zero-order chi connectivity index (χ0) is 22.2. The number of carbonyl (C=O) groups is 1. The summed E-state index contributed by atoms with van der Waals surface area (Å²) in [5, 5.41) is 6.93. The SMILES string of the molecule is Cc1noc(C)c1COc1ccc(CC(=O)NCc2ccccc2COC(C)C)cc1. The van der Waals surface area contributed by atoms with Crippen LogP contribution in [-0.2, 0) is 35.7 Å². The van der Waals surface area contributed by atoms with E-state index >= 15 is 0 Å². The molecule has 6 nitrogen and oxygen atoms in total. The molecule has 0 saturated carbocycles. The highest BCUT2D eigenvalue weighted by Crippen LogP contribution is 2.18. The van der Waals surface area contributed by atoms with Crippen molar-refractivity contribution in [3.8, 4) is 5.75 Å². The molecule has 3 rings (SSSR count). The minimum Gasteiger partial charge on any atom is -0.489 e. The minimum absolute atomic E-state index is 0.0241. The molecule has 31 heavy (non-hydrogen) atoms. The highest BCUT2D eigenvalue weighted by atomic mass is 16.5. The topological polar surface area (TPSA) is 73.6 Å². The molecule has 6 heteroatoms. The van der Waals surface area contributed by atoms with Crippen LogP contribution < -0.4 is 10.1 Å². The summed E-state index contributed by atoms with van der Waals surface area (Å²) in [7, 11) is 0. The van der Waals surface area contributed by atoms with E-state index in [-0.39, 0.29) is 12.0 Å². The van der Waals surface area contributed by atoms with E-state index in [2.05, 4.69) is 10.5 Å². The number of hydrogen-bond donors (Lipinski definition) is 1. The quantitative estimate of drug-likeness (QED) is 0.515. The number of benzene rings is 2.